The molecule has 1 unspecified atom stereocenters. The number of rotatable bonds is 3. The van der Waals surface area contributed by atoms with Crippen molar-refractivity contribution >= 4 is 5.69 Å². The summed E-state index contributed by atoms with van der Waals surface area (Å²) in [6.45, 7) is 12.8. The summed E-state index contributed by atoms with van der Waals surface area (Å²) in [5.74, 6) is 0.854. The predicted octanol–water partition coefficient (Wildman–Crippen LogP) is 4.37. The second kappa shape index (κ2) is 6.83. The lowest BCUT2D eigenvalue weighted by atomic mass is 9.77. The maximum Gasteiger partial charge on any atom is 0.0369 e. The Balaban J connectivity index is 2.07. The van der Waals surface area contributed by atoms with E-state index in [-0.39, 0.29) is 0 Å². The first-order valence-corrected chi connectivity index (χ1v) is 8.41. The molecule has 1 aromatic rings. The van der Waals surface area contributed by atoms with E-state index >= 15 is 0 Å². The van der Waals surface area contributed by atoms with Gasteiger partial charge in [-0.25, -0.2) is 0 Å². The molecule has 0 aliphatic carbocycles. The van der Waals surface area contributed by atoms with Crippen LogP contribution >= 0.6 is 0 Å². The molecule has 1 atom stereocenters. The van der Waals surface area contributed by atoms with Gasteiger partial charge in [0.05, 0.1) is 0 Å². The average Bonchev–Trinajstić information content (AvgIpc) is 2.66. The molecule has 0 bridgehead atoms. The molecule has 1 aliphatic heterocycles. The molecule has 0 spiro atoms. The van der Waals surface area contributed by atoms with E-state index in [9.17, 15) is 0 Å². The van der Waals surface area contributed by atoms with Crippen molar-refractivity contribution in [3.63, 3.8) is 0 Å². The van der Waals surface area contributed by atoms with Crippen LogP contribution in [0.2, 0.25) is 0 Å². The van der Waals surface area contributed by atoms with E-state index in [1.54, 1.807) is 0 Å². The van der Waals surface area contributed by atoms with Crippen LogP contribution < -0.4 is 10.2 Å². The van der Waals surface area contributed by atoms with Crippen LogP contribution in [0.25, 0.3) is 0 Å². The van der Waals surface area contributed by atoms with Gasteiger partial charge in [0, 0.05) is 25.3 Å². The minimum atomic E-state index is 0.447. The Morgan fingerprint density at radius 3 is 2.57 bits per heavy atom. The lowest BCUT2D eigenvalue weighted by molar-refractivity contribution is 0.220. The molecule has 0 aromatic heterocycles. The van der Waals surface area contributed by atoms with Gasteiger partial charge in [0.2, 0.25) is 0 Å². The van der Waals surface area contributed by atoms with Crippen LogP contribution in [0.4, 0.5) is 5.69 Å². The highest BCUT2D eigenvalue weighted by Gasteiger charge is 2.27. The van der Waals surface area contributed by atoms with Crippen LogP contribution in [-0.4, -0.2) is 20.1 Å². The number of benzene rings is 1. The van der Waals surface area contributed by atoms with Crippen molar-refractivity contribution in [2.24, 2.45) is 11.3 Å². The van der Waals surface area contributed by atoms with Crippen molar-refractivity contribution in [3.8, 4) is 0 Å². The molecule has 21 heavy (non-hydrogen) atoms. The third-order valence-electron chi connectivity index (χ3n) is 5.01. The predicted molar refractivity (Wildman–Crippen MR) is 93.0 cm³/mol. The van der Waals surface area contributed by atoms with Crippen LogP contribution in [0.3, 0.4) is 0 Å². The van der Waals surface area contributed by atoms with Gasteiger partial charge in [0.1, 0.15) is 0 Å². The highest BCUT2D eigenvalue weighted by atomic mass is 15.1. The minimum Gasteiger partial charge on any atom is -0.372 e. The topological polar surface area (TPSA) is 15.3 Å². The molecule has 1 aromatic carbocycles. The standard InChI is InChI=1S/C19H32N2/c1-15-13-18(9-8-16(15)14-20-5)21-11-6-7-17(10-12-21)19(2,3)4/h8-9,13,17,20H,6-7,10-12,14H2,1-5H3. The van der Waals surface area contributed by atoms with Crippen LogP contribution in [0.5, 0.6) is 0 Å². The molecule has 0 saturated carbocycles. The third kappa shape index (κ3) is 4.23. The summed E-state index contributed by atoms with van der Waals surface area (Å²) >= 11 is 0. The lowest BCUT2D eigenvalue weighted by Gasteiger charge is -2.30. The zero-order valence-corrected chi connectivity index (χ0v) is 14.5. The fraction of sp³-hybridized carbons (Fsp3) is 0.684. The first-order chi connectivity index (χ1) is 9.91. The number of hydrogen-bond acceptors (Lipinski definition) is 2. The first-order valence-electron chi connectivity index (χ1n) is 8.41. The summed E-state index contributed by atoms with van der Waals surface area (Å²) in [7, 11) is 2.01. The Labute approximate surface area is 130 Å². The Morgan fingerprint density at radius 2 is 1.95 bits per heavy atom. The van der Waals surface area contributed by atoms with Crippen molar-refractivity contribution in [1.82, 2.24) is 5.32 Å². The largest absolute Gasteiger partial charge is 0.372 e. The van der Waals surface area contributed by atoms with Gasteiger partial charge in [0.25, 0.3) is 0 Å². The van der Waals surface area contributed by atoms with E-state index in [0.29, 0.717) is 5.41 Å². The quantitative estimate of drug-likeness (QED) is 0.888. The summed E-state index contributed by atoms with van der Waals surface area (Å²) in [6, 6.07) is 6.95. The molecule has 1 aliphatic rings. The van der Waals surface area contributed by atoms with E-state index in [2.05, 4.69) is 56.1 Å². The van der Waals surface area contributed by atoms with Crippen molar-refractivity contribution < 1.29 is 0 Å². The third-order valence-corrected chi connectivity index (χ3v) is 5.01. The van der Waals surface area contributed by atoms with Crippen molar-refractivity contribution in [2.75, 3.05) is 25.0 Å². The molecule has 2 rings (SSSR count). The molecule has 1 fully saturated rings. The average molecular weight is 288 g/mol. The van der Waals surface area contributed by atoms with Crippen molar-refractivity contribution in [1.29, 1.82) is 0 Å². The number of hydrogen-bond donors (Lipinski definition) is 1. The molecular formula is C19H32N2. The molecule has 118 valence electrons. The molecule has 2 heteroatoms. The molecule has 1 heterocycles. The van der Waals surface area contributed by atoms with Gasteiger partial charge in [-0.05, 0) is 67.8 Å². The van der Waals surface area contributed by atoms with E-state index in [4.69, 9.17) is 0 Å². The number of anilines is 1. The second-order valence-corrected chi connectivity index (χ2v) is 7.62. The van der Waals surface area contributed by atoms with Crippen molar-refractivity contribution in [3.05, 3.63) is 29.3 Å². The van der Waals surface area contributed by atoms with Crippen LogP contribution in [0, 0.1) is 18.3 Å². The molecule has 0 radical (unpaired) electrons. The SMILES string of the molecule is CNCc1ccc(N2CCCC(C(C)(C)C)CC2)cc1C. The summed E-state index contributed by atoms with van der Waals surface area (Å²) < 4.78 is 0. The Kier molecular flexibility index (Phi) is 5.32. The van der Waals surface area contributed by atoms with Gasteiger partial charge in [-0.3, -0.25) is 0 Å². The lowest BCUT2D eigenvalue weighted by Crippen LogP contribution is -2.26. The van der Waals surface area contributed by atoms with Crippen LogP contribution in [0.15, 0.2) is 18.2 Å². The normalized spacial score (nSPS) is 20.4. The molecular weight excluding hydrogens is 256 g/mol. The highest BCUT2D eigenvalue weighted by molar-refractivity contribution is 5.51. The second-order valence-electron chi connectivity index (χ2n) is 7.62. The molecule has 2 nitrogen and oxygen atoms in total. The summed E-state index contributed by atoms with van der Waals surface area (Å²) in [4.78, 5) is 2.59. The van der Waals surface area contributed by atoms with E-state index < -0.39 is 0 Å². The van der Waals surface area contributed by atoms with E-state index in [1.807, 2.05) is 7.05 Å². The van der Waals surface area contributed by atoms with Gasteiger partial charge in [-0.1, -0.05) is 26.8 Å². The number of nitrogens with one attached hydrogen (secondary N) is 1. The Morgan fingerprint density at radius 1 is 1.19 bits per heavy atom. The van der Waals surface area contributed by atoms with Gasteiger partial charge in [-0.15, -0.1) is 0 Å². The molecule has 1 N–H and O–H groups in total. The van der Waals surface area contributed by atoms with E-state index in [0.717, 1.165) is 12.5 Å². The summed E-state index contributed by atoms with van der Waals surface area (Å²) in [5.41, 5.74) is 4.66. The maximum atomic E-state index is 3.24. The van der Waals surface area contributed by atoms with Gasteiger partial charge < -0.3 is 10.2 Å². The number of nitrogens with zero attached hydrogens (tertiary/aromatic N) is 1. The van der Waals surface area contributed by atoms with Crippen LogP contribution in [0.1, 0.15) is 51.2 Å². The van der Waals surface area contributed by atoms with Crippen molar-refractivity contribution in [2.45, 2.75) is 53.5 Å². The Bertz CT molecular complexity index is 459. The van der Waals surface area contributed by atoms with Gasteiger partial charge in [-0.2, -0.15) is 0 Å². The summed E-state index contributed by atoms with van der Waals surface area (Å²) in [5, 5.41) is 3.24. The van der Waals surface area contributed by atoms with E-state index in [1.165, 1.54) is 49.2 Å². The van der Waals surface area contributed by atoms with Gasteiger partial charge >= 0.3 is 0 Å². The zero-order chi connectivity index (χ0) is 15.5. The fourth-order valence-corrected chi connectivity index (χ4v) is 3.49. The highest BCUT2D eigenvalue weighted by Crippen LogP contribution is 2.35. The zero-order valence-electron chi connectivity index (χ0n) is 14.5. The monoisotopic (exact) mass is 288 g/mol. The fourth-order valence-electron chi connectivity index (χ4n) is 3.49. The summed E-state index contributed by atoms with van der Waals surface area (Å²) in [6.07, 6.45) is 4.01. The van der Waals surface area contributed by atoms with Gasteiger partial charge in [0.15, 0.2) is 0 Å². The molecule has 0 amide bonds. The molecule has 1 saturated heterocycles. The minimum absolute atomic E-state index is 0.447. The maximum absolute atomic E-state index is 3.24. The number of aryl methyl sites for hydroxylation is 1. The van der Waals surface area contributed by atoms with Crippen LogP contribution in [-0.2, 0) is 6.54 Å². The Hall–Kier alpha value is -1.02. The smallest absolute Gasteiger partial charge is 0.0369 e. The first kappa shape index (κ1) is 16.4.